The van der Waals surface area contributed by atoms with Crippen LogP contribution in [0.5, 0.6) is 0 Å². The van der Waals surface area contributed by atoms with Crippen LogP contribution in [-0.2, 0) is 0 Å². The Morgan fingerprint density at radius 2 is 2.00 bits per heavy atom. The number of rotatable bonds is 1. The minimum absolute atomic E-state index is 0.00639. The Labute approximate surface area is 71.6 Å². The van der Waals surface area contributed by atoms with Crippen LogP contribution < -0.4 is 0 Å². The molecule has 1 aromatic heterocycles. The average Bonchev–Trinajstić information content (AvgIpc) is 2.28. The second-order valence-corrected chi connectivity index (χ2v) is 3.11. The molecular formula is C8H13N3O. The summed E-state index contributed by atoms with van der Waals surface area (Å²) in [6.45, 7) is 7.24. The lowest BCUT2D eigenvalue weighted by atomic mass is 10.2. The third-order valence-corrected chi connectivity index (χ3v) is 1.58. The molecule has 0 spiro atoms. The maximum atomic E-state index is 11.4. The van der Waals surface area contributed by atoms with Gasteiger partial charge in [0.2, 0.25) is 0 Å². The van der Waals surface area contributed by atoms with Crippen LogP contribution in [0.15, 0.2) is 0 Å². The smallest absolute Gasteiger partial charge is 0.251 e. The van der Waals surface area contributed by atoms with Gasteiger partial charge in [-0.1, -0.05) is 13.8 Å². The van der Waals surface area contributed by atoms with Crippen LogP contribution >= 0.6 is 0 Å². The van der Waals surface area contributed by atoms with Crippen LogP contribution in [0.3, 0.4) is 0 Å². The van der Waals surface area contributed by atoms with E-state index in [1.165, 1.54) is 4.68 Å². The number of nitrogens with zero attached hydrogens (tertiary/aromatic N) is 3. The molecule has 0 aromatic carbocycles. The zero-order valence-electron chi connectivity index (χ0n) is 7.83. The van der Waals surface area contributed by atoms with Crippen molar-refractivity contribution in [2.24, 2.45) is 5.92 Å². The molecule has 4 nitrogen and oxygen atoms in total. The van der Waals surface area contributed by atoms with Gasteiger partial charge in [-0.3, -0.25) is 4.79 Å². The summed E-state index contributed by atoms with van der Waals surface area (Å²) < 4.78 is 1.36. The molecule has 0 atom stereocenters. The normalized spacial score (nSPS) is 10.8. The Morgan fingerprint density at radius 1 is 1.42 bits per heavy atom. The summed E-state index contributed by atoms with van der Waals surface area (Å²) in [7, 11) is 0. The monoisotopic (exact) mass is 167 g/mol. The van der Waals surface area contributed by atoms with Crippen molar-refractivity contribution in [3.63, 3.8) is 0 Å². The zero-order valence-corrected chi connectivity index (χ0v) is 7.83. The molecule has 4 heteroatoms. The van der Waals surface area contributed by atoms with Crippen molar-refractivity contribution in [2.45, 2.75) is 27.7 Å². The lowest BCUT2D eigenvalue weighted by Crippen LogP contribution is -2.19. The Hall–Kier alpha value is -1.19. The van der Waals surface area contributed by atoms with Crippen LogP contribution in [0.4, 0.5) is 0 Å². The van der Waals surface area contributed by atoms with E-state index in [2.05, 4.69) is 10.1 Å². The lowest BCUT2D eigenvalue weighted by Gasteiger charge is -2.03. The van der Waals surface area contributed by atoms with Gasteiger partial charge in [-0.15, -0.1) is 5.10 Å². The summed E-state index contributed by atoms with van der Waals surface area (Å²) in [6.07, 6.45) is 0. The molecule has 0 aliphatic heterocycles. The molecule has 1 heterocycles. The van der Waals surface area contributed by atoms with E-state index in [4.69, 9.17) is 0 Å². The predicted molar refractivity (Wildman–Crippen MR) is 45.0 cm³/mol. The standard InChI is InChI=1S/C8H13N3O/c1-5(2)8(12)11-7(4)9-6(3)10-11/h5H,1-4H3. The highest BCUT2D eigenvalue weighted by atomic mass is 16.2. The minimum Gasteiger partial charge on any atom is -0.272 e. The van der Waals surface area contributed by atoms with Gasteiger partial charge < -0.3 is 0 Å². The van der Waals surface area contributed by atoms with E-state index in [0.717, 1.165) is 0 Å². The fraction of sp³-hybridized carbons (Fsp3) is 0.625. The van der Waals surface area contributed by atoms with E-state index in [-0.39, 0.29) is 11.8 Å². The summed E-state index contributed by atoms with van der Waals surface area (Å²) in [5.41, 5.74) is 0. The van der Waals surface area contributed by atoms with Crippen molar-refractivity contribution in [1.29, 1.82) is 0 Å². The van der Waals surface area contributed by atoms with Crippen molar-refractivity contribution >= 4 is 5.91 Å². The second-order valence-electron chi connectivity index (χ2n) is 3.11. The van der Waals surface area contributed by atoms with Crippen molar-refractivity contribution in [2.75, 3.05) is 0 Å². The highest BCUT2D eigenvalue weighted by Crippen LogP contribution is 2.01. The molecule has 0 bridgehead atoms. The molecule has 66 valence electrons. The van der Waals surface area contributed by atoms with Crippen LogP contribution in [-0.4, -0.2) is 20.7 Å². The summed E-state index contributed by atoms with van der Waals surface area (Å²) in [6, 6.07) is 0. The molecule has 0 aliphatic rings. The topological polar surface area (TPSA) is 47.8 Å². The molecule has 1 rings (SSSR count). The van der Waals surface area contributed by atoms with Crippen molar-refractivity contribution < 1.29 is 4.79 Å². The number of carbonyl (C=O) groups is 1. The molecule has 0 saturated heterocycles. The second kappa shape index (κ2) is 3.05. The largest absolute Gasteiger partial charge is 0.272 e. The van der Waals surface area contributed by atoms with Gasteiger partial charge in [0.15, 0.2) is 0 Å². The van der Waals surface area contributed by atoms with Gasteiger partial charge in [-0.25, -0.2) is 4.98 Å². The molecule has 0 unspecified atom stereocenters. The molecule has 0 saturated carbocycles. The summed E-state index contributed by atoms with van der Waals surface area (Å²) in [4.78, 5) is 15.5. The molecule has 1 aromatic rings. The highest BCUT2D eigenvalue weighted by molar-refractivity contribution is 5.80. The first kappa shape index (κ1) is 8.90. The van der Waals surface area contributed by atoms with E-state index in [1.807, 2.05) is 13.8 Å². The van der Waals surface area contributed by atoms with Gasteiger partial charge in [0.05, 0.1) is 0 Å². The van der Waals surface area contributed by atoms with Gasteiger partial charge >= 0.3 is 0 Å². The minimum atomic E-state index is -0.0372. The lowest BCUT2D eigenvalue weighted by molar-refractivity contribution is 0.0835. The first-order valence-corrected chi connectivity index (χ1v) is 3.97. The first-order chi connectivity index (χ1) is 5.52. The Bertz CT molecular complexity index is 301. The quantitative estimate of drug-likeness (QED) is 0.631. The number of carbonyl (C=O) groups excluding carboxylic acids is 1. The number of hydrogen-bond donors (Lipinski definition) is 0. The van der Waals surface area contributed by atoms with Gasteiger partial charge in [0.25, 0.3) is 5.91 Å². The number of hydrogen-bond acceptors (Lipinski definition) is 3. The van der Waals surface area contributed by atoms with Crippen LogP contribution in [0, 0.1) is 19.8 Å². The van der Waals surface area contributed by atoms with Gasteiger partial charge in [0, 0.05) is 5.92 Å². The molecule has 0 fully saturated rings. The van der Waals surface area contributed by atoms with E-state index in [1.54, 1.807) is 13.8 Å². The van der Waals surface area contributed by atoms with E-state index in [9.17, 15) is 4.79 Å². The van der Waals surface area contributed by atoms with Gasteiger partial charge in [-0.2, -0.15) is 4.68 Å². The first-order valence-electron chi connectivity index (χ1n) is 3.97. The van der Waals surface area contributed by atoms with Crippen molar-refractivity contribution in [3.05, 3.63) is 11.6 Å². The van der Waals surface area contributed by atoms with Crippen LogP contribution in [0.25, 0.3) is 0 Å². The zero-order chi connectivity index (χ0) is 9.30. The SMILES string of the molecule is Cc1nc(C)n(C(=O)C(C)C)n1. The van der Waals surface area contributed by atoms with Crippen LogP contribution in [0.1, 0.15) is 30.3 Å². The number of aromatic nitrogens is 3. The van der Waals surface area contributed by atoms with Crippen molar-refractivity contribution in [3.8, 4) is 0 Å². The average molecular weight is 167 g/mol. The van der Waals surface area contributed by atoms with Crippen molar-refractivity contribution in [1.82, 2.24) is 14.8 Å². The Balaban J connectivity index is 3.02. The fourth-order valence-electron chi connectivity index (χ4n) is 0.974. The number of aryl methyl sites for hydroxylation is 2. The van der Waals surface area contributed by atoms with Gasteiger partial charge in [0.1, 0.15) is 11.6 Å². The summed E-state index contributed by atoms with van der Waals surface area (Å²) in [5.74, 6) is 1.26. The maximum absolute atomic E-state index is 11.4. The Kier molecular flexibility index (Phi) is 2.26. The Morgan fingerprint density at radius 3 is 2.33 bits per heavy atom. The molecule has 0 aliphatic carbocycles. The third kappa shape index (κ3) is 1.52. The van der Waals surface area contributed by atoms with E-state index >= 15 is 0 Å². The summed E-state index contributed by atoms with van der Waals surface area (Å²) >= 11 is 0. The van der Waals surface area contributed by atoms with E-state index < -0.39 is 0 Å². The molecule has 0 N–H and O–H groups in total. The molecule has 12 heavy (non-hydrogen) atoms. The van der Waals surface area contributed by atoms with E-state index in [0.29, 0.717) is 11.6 Å². The molecular weight excluding hydrogens is 154 g/mol. The maximum Gasteiger partial charge on any atom is 0.251 e. The molecule has 0 radical (unpaired) electrons. The van der Waals surface area contributed by atoms with Gasteiger partial charge in [-0.05, 0) is 13.8 Å². The highest BCUT2D eigenvalue weighted by Gasteiger charge is 2.14. The third-order valence-electron chi connectivity index (χ3n) is 1.58. The summed E-state index contributed by atoms with van der Waals surface area (Å²) in [5, 5.41) is 3.99. The molecule has 0 amide bonds. The van der Waals surface area contributed by atoms with Crippen LogP contribution in [0.2, 0.25) is 0 Å². The predicted octanol–water partition coefficient (Wildman–Crippen LogP) is 1.19. The fourth-order valence-corrected chi connectivity index (χ4v) is 0.974.